The summed E-state index contributed by atoms with van der Waals surface area (Å²) in [6.45, 7) is 2.75. The minimum atomic E-state index is -0.672. The van der Waals surface area contributed by atoms with Gasteiger partial charge in [-0.3, -0.25) is 14.5 Å². The average molecular weight is 512 g/mol. The molecule has 0 saturated heterocycles. The number of hydrogen-bond donors (Lipinski definition) is 0. The number of benzene rings is 2. The van der Waals surface area contributed by atoms with Crippen molar-refractivity contribution in [2.24, 2.45) is 0 Å². The van der Waals surface area contributed by atoms with Crippen molar-refractivity contribution in [3.8, 4) is 5.75 Å². The number of carbonyl (C=O) groups excluding carboxylic acids is 1. The average Bonchev–Trinajstić information content (AvgIpc) is 3.42. The molecule has 7 nitrogen and oxygen atoms in total. The number of halogens is 1. The molecule has 0 N–H and O–H groups in total. The second-order valence-electron chi connectivity index (χ2n) is 7.38. The topological polar surface area (TPSA) is 85.5 Å². The van der Waals surface area contributed by atoms with E-state index >= 15 is 0 Å². The maximum absolute atomic E-state index is 13.5. The third-order valence-corrected chi connectivity index (χ3v) is 6.53. The van der Waals surface area contributed by atoms with Crippen molar-refractivity contribution >= 4 is 49.3 Å². The Hall–Kier alpha value is -3.04. The van der Waals surface area contributed by atoms with Gasteiger partial charge in [-0.15, -0.1) is 10.2 Å². The number of hydrogen-bond acceptors (Lipinski definition) is 7. The molecule has 4 aromatic rings. The van der Waals surface area contributed by atoms with Crippen molar-refractivity contribution in [2.75, 3.05) is 11.5 Å². The second-order valence-corrected chi connectivity index (χ2v) is 9.11. The number of amides is 1. The quantitative estimate of drug-likeness (QED) is 0.325. The molecule has 32 heavy (non-hydrogen) atoms. The van der Waals surface area contributed by atoms with E-state index in [1.165, 1.54) is 16.2 Å². The molecule has 1 aliphatic rings. The fourth-order valence-corrected chi connectivity index (χ4v) is 4.76. The zero-order valence-electron chi connectivity index (χ0n) is 17.1. The Morgan fingerprint density at radius 2 is 2.00 bits per heavy atom. The molecule has 1 unspecified atom stereocenters. The van der Waals surface area contributed by atoms with Crippen LogP contribution in [0.25, 0.3) is 11.0 Å². The number of ether oxygens (including phenoxy) is 1. The summed E-state index contributed by atoms with van der Waals surface area (Å²) in [6, 6.07) is 11.9. The third kappa shape index (κ3) is 3.51. The van der Waals surface area contributed by atoms with Crippen molar-refractivity contribution < 1.29 is 13.9 Å². The first-order chi connectivity index (χ1) is 15.6. The molecule has 0 bridgehead atoms. The Kier molecular flexibility index (Phi) is 5.52. The summed E-state index contributed by atoms with van der Waals surface area (Å²) < 4.78 is 12.5. The molecule has 0 aliphatic carbocycles. The van der Waals surface area contributed by atoms with Gasteiger partial charge >= 0.3 is 0 Å². The predicted octanol–water partition coefficient (Wildman–Crippen LogP) is 5.34. The molecule has 0 saturated carbocycles. The normalized spacial score (nSPS) is 15.4. The van der Waals surface area contributed by atoms with Crippen LogP contribution in [0.2, 0.25) is 0 Å². The number of unbranched alkanes of at least 4 members (excludes halogenated alkanes) is 1. The van der Waals surface area contributed by atoms with Gasteiger partial charge in [0.05, 0.1) is 23.6 Å². The highest BCUT2D eigenvalue weighted by atomic mass is 79.9. The number of rotatable bonds is 6. The van der Waals surface area contributed by atoms with Crippen LogP contribution in [-0.4, -0.2) is 22.7 Å². The Balaban J connectivity index is 1.66. The van der Waals surface area contributed by atoms with E-state index in [0.29, 0.717) is 28.3 Å². The van der Waals surface area contributed by atoms with Crippen molar-refractivity contribution in [1.29, 1.82) is 0 Å². The lowest BCUT2D eigenvalue weighted by atomic mass is 9.98. The molecule has 1 aliphatic heterocycles. The highest BCUT2D eigenvalue weighted by Crippen LogP contribution is 2.42. The van der Waals surface area contributed by atoms with E-state index in [1.807, 2.05) is 24.3 Å². The van der Waals surface area contributed by atoms with Crippen LogP contribution in [0.15, 0.2) is 61.7 Å². The van der Waals surface area contributed by atoms with E-state index in [-0.39, 0.29) is 11.2 Å². The molecule has 1 amide bonds. The van der Waals surface area contributed by atoms with Crippen LogP contribution in [-0.2, 0) is 0 Å². The first-order valence-corrected chi connectivity index (χ1v) is 11.8. The Morgan fingerprint density at radius 3 is 2.72 bits per heavy atom. The molecule has 3 heterocycles. The lowest BCUT2D eigenvalue weighted by Crippen LogP contribution is -2.29. The van der Waals surface area contributed by atoms with Crippen LogP contribution >= 0.6 is 27.3 Å². The van der Waals surface area contributed by atoms with E-state index < -0.39 is 11.9 Å². The zero-order valence-corrected chi connectivity index (χ0v) is 19.5. The molecule has 2 aromatic heterocycles. The van der Waals surface area contributed by atoms with Crippen LogP contribution in [0.4, 0.5) is 5.13 Å². The number of fused-ring (bicyclic) bond motifs is 2. The Morgan fingerprint density at radius 1 is 1.19 bits per heavy atom. The highest BCUT2D eigenvalue weighted by molar-refractivity contribution is 9.10. The van der Waals surface area contributed by atoms with E-state index in [0.717, 1.165) is 28.6 Å². The molecule has 1 atom stereocenters. The van der Waals surface area contributed by atoms with Gasteiger partial charge in [0, 0.05) is 4.47 Å². The first-order valence-electron chi connectivity index (χ1n) is 10.2. The molecule has 9 heteroatoms. The number of carbonyl (C=O) groups is 1. The minimum Gasteiger partial charge on any atom is -0.494 e. The largest absolute Gasteiger partial charge is 0.494 e. The standard InChI is InChI=1S/C23H18BrN3O4S/c1-2-3-10-30-15-7-4-13(5-8-15)19-18-20(28)16-11-14(24)6-9-17(16)31-21(18)22(29)27(19)23-26-25-12-32-23/h4-9,11-12,19H,2-3,10H2,1H3. The number of aromatic nitrogens is 2. The van der Waals surface area contributed by atoms with Gasteiger partial charge in [0.25, 0.3) is 5.91 Å². The smallest absolute Gasteiger partial charge is 0.297 e. The van der Waals surface area contributed by atoms with Crippen molar-refractivity contribution in [1.82, 2.24) is 10.2 Å². The summed E-state index contributed by atoms with van der Waals surface area (Å²) in [4.78, 5) is 28.4. The SMILES string of the molecule is CCCCOc1ccc(C2c3c(oc4ccc(Br)cc4c3=O)C(=O)N2c2nncs2)cc1. The predicted molar refractivity (Wildman–Crippen MR) is 126 cm³/mol. The van der Waals surface area contributed by atoms with Gasteiger partial charge in [0.15, 0.2) is 5.43 Å². The van der Waals surface area contributed by atoms with Crippen LogP contribution in [0.5, 0.6) is 5.75 Å². The van der Waals surface area contributed by atoms with Gasteiger partial charge in [0.2, 0.25) is 10.9 Å². The minimum absolute atomic E-state index is 0.0355. The van der Waals surface area contributed by atoms with Gasteiger partial charge in [-0.1, -0.05) is 52.7 Å². The fraction of sp³-hybridized carbons (Fsp3) is 0.217. The molecule has 2 aromatic carbocycles. The number of anilines is 1. The van der Waals surface area contributed by atoms with Crippen LogP contribution in [0.1, 0.15) is 47.5 Å². The van der Waals surface area contributed by atoms with Gasteiger partial charge in [0.1, 0.15) is 16.8 Å². The first kappa shape index (κ1) is 20.8. The molecular formula is C23H18BrN3O4S. The zero-order chi connectivity index (χ0) is 22.2. The maximum atomic E-state index is 13.5. The maximum Gasteiger partial charge on any atom is 0.297 e. The summed E-state index contributed by atoms with van der Waals surface area (Å²) in [6.07, 6.45) is 2.02. The summed E-state index contributed by atoms with van der Waals surface area (Å²) in [5.74, 6) is 0.365. The van der Waals surface area contributed by atoms with Gasteiger partial charge < -0.3 is 9.15 Å². The van der Waals surface area contributed by atoms with Gasteiger partial charge in [-0.25, -0.2) is 0 Å². The summed E-state index contributed by atoms with van der Waals surface area (Å²) in [7, 11) is 0. The van der Waals surface area contributed by atoms with E-state index in [2.05, 4.69) is 33.1 Å². The van der Waals surface area contributed by atoms with Crippen LogP contribution in [0, 0.1) is 0 Å². The summed E-state index contributed by atoms with van der Waals surface area (Å²) in [5.41, 5.74) is 2.74. The molecule has 0 spiro atoms. The summed E-state index contributed by atoms with van der Waals surface area (Å²) >= 11 is 4.64. The fourth-order valence-electron chi connectivity index (χ4n) is 3.81. The molecule has 162 valence electrons. The monoisotopic (exact) mass is 511 g/mol. The molecule has 0 radical (unpaired) electrons. The summed E-state index contributed by atoms with van der Waals surface area (Å²) in [5, 5.41) is 8.78. The molecular weight excluding hydrogens is 494 g/mol. The van der Waals surface area contributed by atoms with Crippen LogP contribution in [0.3, 0.4) is 0 Å². The van der Waals surface area contributed by atoms with Gasteiger partial charge in [-0.05, 0) is 42.3 Å². The lowest BCUT2D eigenvalue weighted by molar-refractivity contribution is 0.0970. The van der Waals surface area contributed by atoms with E-state index in [4.69, 9.17) is 9.15 Å². The van der Waals surface area contributed by atoms with E-state index in [9.17, 15) is 9.59 Å². The molecule has 0 fully saturated rings. The van der Waals surface area contributed by atoms with E-state index in [1.54, 1.807) is 23.7 Å². The van der Waals surface area contributed by atoms with Gasteiger partial charge in [-0.2, -0.15) is 0 Å². The second kappa shape index (κ2) is 8.48. The van der Waals surface area contributed by atoms with Crippen LogP contribution < -0.4 is 15.1 Å². The Labute approximate surface area is 195 Å². The van der Waals surface area contributed by atoms with Crippen molar-refractivity contribution in [2.45, 2.75) is 25.8 Å². The third-order valence-electron chi connectivity index (χ3n) is 5.35. The number of nitrogens with zero attached hydrogens (tertiary/aromatic N) is 3. The van der Waals surface area contributed by atoms with Crippen molar-refractivity contribution in [3.05, 3.63) is 79.6 Å². The van der Waals surface area contributed by atoms with Crippen molar-refractivity contribution in [3.63, 3.8) is 0 Å². The molecule has 5 rings (SSSR count). The highest BCUT2D eigenvalue weighted by Gasteiger charge is 2.45. The Bertz CT molecular complexity index is 1350. The lowest BCUT2D eigenvalue weighted by Gasteiger charge is -2.22.